The lowest BCUT2D eigenvalue weighted by molar-refractivity contribution is -0.142. The maximum absolute atomic E-state index is 11.7. The molecule has 0 spiro atoms. The highest BCUT2D eigenvalue weighted by Crippen LogP contribution is 2.17. The molecule has 1 aliphatic rings. The van der Waals surface area contributed by atoms with Crippen LogP contribution in [0.1, 0.15) is 30.2 Å². The topological polar surface area (TPSA) is 54.7 Å². The fourth-order valence-electron chi connectivity index (χ4n) is 3.06. The van der Waals surface area contributed by atoms with E-state index >= 15 is 0 Å². The van der Waals surface area contributed by atoms with E-state index in [9.17, 15) is 4.79 Å². The van der Waals surface area contributed by atoms with Gasteiger partial charge in [-0.3, -0.25) is 9.69 Å². The van der Waals surface area contributed by atoms with E-state index in [2.05, 4.69) is 29.4 Å². The van der Waals surface area contributed by atoms with Crippen molar-refractivity contribution in [2.75, 3.05) is 7.05 Å². The van der Waals surface area contributed by atoms with Crippen LogP contribution in [0.3, 0.4) is 0 Å². The van der Waals surface area contributed by atoms with Gasteiger partial charge in [0.25, 0.3) is 0 Å². The predicted octanol–water partition coefficient (Wildman–Crippen LogP) is 2.71. The molecule has 2 atom stereocenters. The molecule has 2 aromatic rings. The lowest BCUT2D eigenvalue weighted by Gasteiger charge is -2.18. The van der Waals surface area contributed by atoms with Gasteiger partial charge >= 0.3 is 5.97 Å². The second kappa shape index (κ2) is 7.64. The summed E-state index contributed by atoms with van der Waals surface area (Å²) in [6.07, 6.45) is 2.44. The Kier molecular flexibility index (Phi) is 5.33. The fourth-order valence-corrected chi connectivity index (χ4v) is 3.06. The summed E-state index contributed by atoms with van der Waals surface area (Å²) < 4.78 is 10.6. The Hall–Kier alpha value is -2.11. The van der Waals surface area contributed by atoms with E-state index in [4.69, 9.17) is 9.15 Å². The van der Waals surface area contributed by atoms with Crippen molar-refractivity contribution >= 4 is 5.97 Å². The van der Waals surface area contributed by atoms with Crippen LogP contribution in [0.25, 0.3) is 0 Å². The smallest absolute Gasteiger partial charge is 0.323 e. The van der Waals surface area contributed by atoms with Crippen molar-refractivity contribution in [2.45, 2.75) is 45.1 Å². The maximum atomic E-state index is 11.7. The number of rotatable bonds is 7. The van der Waals surface area contributed by atoms with Gasteiger partial charge in [-0.05, 0) is 37.2 Å². The Bertz CT molecular complexity index is 669. The first-order valence-electron chi connectivity index (χ1n) is 8.33. The van der Waals surface area contributed by atoms with Gasteiger partial charge in [0.15, 0.2) is 0 Å². The highest BCUT2D eigenvalue weighted by molar-refractivity contribution is 5.77. The van der Waals surface area contributed by atoms with E-state index in [1.807, 2.05) is 31.2 Å². The molecular formula is C19H24N2O3. The first-order valence-corrected chi connectivity index (χ1v) is 8.33. The van der Waals surface area contributed by atoms with E-state index in [1.54, 1.807) is 6.26 Å². The Morgan fingerprint density at radius 1 is 1.17 bits per heavy atom. The van der Waals surface area contributed by atoms with Gasteiger partial charge in [-0.1, -0.05) is 24.3 Å². The number of carbonyl (C=O) groups is 1. The van der Waals surface area contributed by atoms with Crippen molar-refractivity contribution in [3.8, 4) is 0 Å². The number of ether oxygens (including phenoxy) is 1. The monoisotopic (exact) mass is 328 g/mol. The third-order valence-electron chi connectivity index (χ3n) is 4.27. The summed E-state index contributed by atoms with van der Waals surface area (Å²) in [5.74, 6) is 0.811. The van der Waals surface area contributed by atoms with Crippen LogP contribution in [-0.2, 0) is 29.2 Å². The molecule has 3 rings (SSSR count). The van der Waals surface area contributed by atoms with Crippen molar-refractivity contribution in [1.29, 1.82) is 0 Å². The maximum Gasteiger partial charge on any atom is 0.323 e. The Morgan fingerprint density at radius 2 is 1.96 bits per heavy atom. The molecule has 5 heteroatoms. The summed E-state index contributed by atoms with van der Waals surface area (Å²) in [6.45, 7) is 4.18. The average molecular weight is 328 g/mol. The van der Waals surface area contributed by atoms with Crippen molar-refractivity contribution in [3.05, 3.63) is 59.5 Å². The molecule has 1 saturated heterocycles. The number of carbonyl (C=O) groups excluding carboxylic acids is 1. The third kappa shape index (κ3) is 4.24. The molecule has 1 aromatic carbocycles. The van der Waals surface area contributed by atoms with Gasteiger partial charge in [-0.25, -0.2) is 0 Å². The summed E-state index contributed by atoms with van der Waals surface area (Å²) in [5, 5.41) is 3.33. The van der Waals surface area contributed by atoms with Crippen LogP contribution in [0.15, 0.2) is 47.1 Å². The van der Waals surface area contributed by atoms with Crippen LogP contribution in [0.4, 0.5) is 0 Å². The number of hydrogen-bond donors (Lipinski definition) is 1. The fraction of sp³-hybridized carbons (Fsp3) is 0.421. The summed E-state index contributed by atoms with van der Waals surface area (Å²) >= 11 is 0. The highest BCUT2D eigenvalue weighted by atomic mass is 16.6. The zero-order valence-electron chi connectivity index (χ0n) is 14.2. The average Bonchev–Trinajstić information content (AvgIpc) is 3.16. The Labute approximate surface area is 142 Å². The van der Waals surface area contributed by atoms with Crippen LogP contribution in [-0.4, -0.2) is 30.1 Å². The second-order valence-corrected chi connectivity index (χ2v) is 6.44. The zero-order chi connectivity index (χ0) is 16.9. The van der Waals surface area contributed by atoms with Gasteiger partial charge in [0, 0.05) is 19.5 Å². The second-order valence-electron chi connectivity index (χ2n) is 6.44. The SMILES string of the molecule is C[C@H]1C[C@@H](NCc2ccccc2CN(C)Cc2ccco2)C(=O)O1. The van der Waals surface area contributed by atoms with Crippen molar-refractivity contribution in [2.24, 2.45) is 0 Å². The number of hydrogen-bond acceptors (Lipinski definition) is 5. The van der Waals surface area contributed by atoms with Crippen LogP contribution < -0.4 is 5.32 Å². The zero-order valence-corrected chi connectivity index (χ0v) is 14.2. The standard InChI is InChI=1S/C19H24N2O3/c1-14-10-18(19(22)24-14)20-11-15-6-3-4-7-16(15)12-21(2)13-17-8-5-9-23-17/h3-9,14,18,20H,10-13H2,1-2H3/t14-,18+/m0/s1. The first-order chi connectivity index (χ1) is 11.6. The molecule has 24 heavy (non-hydrogen) atoms. The number of nitrogens with zero attached hydrogens (tertiary/aromatic N) is 1. The van der Waals surface area contributed by atoms with E-state index < -0.39 is 0 Å². The molecule has 5 nitrogen and oxygen atoms in total. The lowest BCUT2D eigenvalue weighted by Crippen LogP contribution is -2.33. The Balaban J connectivity index is 1.59. The minimum absolute atomic E-state index is 0.00433. The number of esters is 1. The molecule has 0 unspecified atom stereocenters. The molecule has 1 fully saturated rings. The third-order valence-corrected chi connectivity index (χ3v) is 4.27. The van der Waals surface area contributed by atoms with Crippen molar-refractivity contribution in [3.63, 3.8) is 0 Å². The molecular weight excluding hydrogens is 304 g/mol. The summed E-state index contributed by atoms with van der Waals surface area (Å²) in [4.78, 5) is 14.0. The highest BCUT2D eigenvalue weighted by Gasteiger charge is 2.31. The van der Waals surface area contributed by atoms with Gasteiger partial charge < -0.3 is 14.5 Å². The van der Waals surface area contributed by atoms with Gasteiger partial charge in [-0.15, -0.1) is 0 Å². The van der Waals surface area contributed by atoms with E-state index in [-0.39, 0.29) is 18.1 Å². The first kappa shape index (κ1) is 16.7. The number of cyclic esters (lactones) is 1. The number of furan rings is 1. The number of nitrogens with one attached hydrogen (secondary N) is 1. The molecule has 128 valence electrons. The number of benzene rings is 1. The summed E-state index contributed by atoms with van der Waals surface area (Å²) in [6, 6.07) is 12.0. The largest absolute Gasteiger partial charge is 0.468 e. The summed E-state index contributed by atoms with van der Waals surface area (Å²) in [5.41, 5.74) is 2.45. The molecule has 1 aromatic heterocycles. The molecule has 0 radical (unpaired) electrons. The van der Waals surface area contributed by atoms with Gasteiger partial charge in [0.2, 0.25) is 0 Å². The van der Waals surface area contributed by atoms with Gasteiger partial charge in [-0.2, -0.15) is 0 Å². The van der Waals surface area contributed by atoms with E-state index in [0.717, 1.165) is 25.3 Å². The molecule has 1 N–H and O–H groups in total. The molecule has 0 bridgehead atoms. The Morgan fingerprint density at radius 3 is 2.62 bits per heavy atom. The minimum atomic E-state index is -0.200. The van der Waals surface area contributed by atoms with Crippen molar-refractivity contribution < 1.29 is 13.9 Å². The van der Waals surface area contributed by atoms with Crippen LogP contribution in [0.2, 0.25) is 0 Å². The van der Waals surface area contributed by atoms with Gasteiger partial charge in [0.1, 0.15) is 17.9 Å². The molecule has 0 amide bonds. The molecule has 0 aliphatic carbocycles. The molecule has 2 heterocycles. The lowest BCUT2D eigenvalue weighted by atomic mass is 10.1. The predicted molar refractivity (Wildman–Crippen MR) is 91.1 cm³/mol. The summed E-state index contributed by atoms with van der Waals surface area (Å²) in [7, 11) is 2.07. The van der Waals surface area contributed by atoms with E-state index in [1.165, 1.54) is 11.1 Å². The molecule has 1 aliphatic heterocycles. The van der Waals surface area contributed by atoms with Crippen LogP contribution >= 0.6 is 0 Å². The van der Waals surface area contributed by atoms with Gasteiger partial charge in [0.05, 0.1) is 12.8 Å². The van der Waals surface area contributed by atoms with E-state index in [0.29, 0.717) is 6.54 Å². The van der Waals surface area contributed by atoms with Crippen LogP contribution in [0, 0.1) is 0 Å². The van der Waals surface area contributed by atoms with Crippen LogP contribution in [0.5, 0.6) is 0 Å². The quantitative estimate of drug-likeness (QED) is 0.792. The van der Waals surface area contributed by atoms with Crippen molar-refractivity contribution in [1.82, 2.24) is 10.2 Å². The normalized spacial score (nSPS) is 20.5. The minimum Gasteiger partial charge on any atom is -0.468 e. The molecule has 0 saturated carbocycles.